The molecule has 0 rings (SSSR count). The van der Waals surface area contributed by atoms with Crippen LogP contribution < -0.4 is 4.72 Å². The molecule has 7 heteroatoms. The summed E-state index contributed by atoms with van der Waals surface area (Å²) in [6.07, 6.45) is 10.8. The van der Waals surface area contributed by atoms with Crippen LogP contribution in [-0.4, -0.2) is 55.9 Å². The van der Waals surface area contributed by atoms with Gasteiger partial charge in [0.15, 0.2) is 0 Å². The Morgan fingerprint density at radius 2 is 1.38 bits per heavy atom. The van der Waals surface area contributed by atoms with Crippen molar-refractivity contribution >= 4 is 39.9 Å². The third kappa shape index (κ3) is 18.8. The molecule has 0 aromatic heterocycles. The second-order valence-corrected chi connectivity index (χ2v) is 6.63. The van der Waals surface area contributed by atoms with Crippen molar-refractivity contribution in [2.75, 3.05) is 6.61 Å². The van der Waals surface area contributed by atoms with Crippen LogP contribution in [0.1, 0.15) is 78.1 Å². The van der Waals surface area contributed by atoms with Gasteiger partial charge in [-0.15, -0.1) is 0 Å². The monoisotopic (exact) mass is 333 g/mol. The van der Waals surface area contributed by atoms with Crippen molar-refractivity contribution in [3.8, 4) is 0 Å². The van der Waals surface area contributed by atoms with E-state index in [4.69, 9.17) is 9.29 Å². The third-order valence-electron chi connectivity index (χ3n) is 3.05. The van der Waals surface area contributed by atoms with Gasteiger partial charge in [0.25, 0.3) is 0 Å². The molecule has 0 aromatic rings. The van der Waals surface area contributed by atoms with E-state index in [-0.39, 0.29) is 36.2 Å². The second-order valence-electron chi connectivity index (χ2n) is 5.25. The van der Waals surface area contributed by atoms with Gasteiger partial charge in [-0.1, -0.05) is 64.7 Å². The Morgan fingerprint density at radius 3 is 1.81 bits per heavy atom. The Bertz CT molecular complexity index is 310. The minimum atomic E-state index is -3.79. The maximum atomic E-state index is 11.2. The number of aliphatic hydroxyl groups is 1. The molecule has 5 nitrogen and oxygen atoms in total. The van der Waals surface area contributed by atoms with Gasteiger partial charge in [0, 0.05) is 0 Å². The van der Waals surface area contributed by atoms with Gasteiger partial charge < -0.3 is 5.11 Å². The van der Waals surface area contributed by atoms with Crippen LogP contribution in [0.5, 0.6) is 0 Å². The van der Waals surface area contributed by atoms with Gasteiger partial charge in [-0.2, -0.15) is 13.1 Å². The third-order valence-corrected chi connectivity index (χ3v) is 4.16. The first-order valence-electron chi connectivity index (χ1n) is 7.82. The molecule has 124 valence electrons. The summed E-state index contributed by atoms with van der Waals surface area (Å²) in [6.45, 7) is 3.74. The number of aliphatic hydroxyl groups excluding tert-OH is 1. The SMILES string of the molecule is CCCCCCCCCCCCOS(=O)(=O)NC(C)O.[NaH]. The van der Waals surface area contributed by atoms with E-state index in [1.54, 1.807) is 0 Å². The number of unbranched alkanes of at least 4 members (excludes halogenated alkanes) is 9. The first-order valence-corrected chi connectivity index (χ1v) is 9.23. The summed E-state index contributed by atoms with van der Waals surface area (Å²) < 4.78 is 29.1. The first kappa shape index (κ1) is 24.1. The van der Waals surface area contributed by atoms with Gasteiger partial charge >= 0.3 is 39.9 Å². The molecule has 0 spiro atoms. The van der Waals surface area contributed by atoms with Gasteiger partial charge in [0.2, 0.25) is 0 Å². The maximum absolute atomic E-state index is 11.2. The quantitative estimate of drug-likeness (QED) is 0.291. The molecular formula is C14H32NNaO4S. The second kappa shape index (κ2) is 15.7. The molecule has 0 saturated carbocycles. The molecule has 0 bridgehead atoms. The van der Waals surface area contributed by atoms with E-state index < -0.39 is 16.5 Å². The Labute approximate surface area is 152 Å². The predicted octanol–water partition coefficient (Wildman–Crippen LogP) is 2.45. The molecule has 0 fully saturated rings. The summed E-state index contributed by atoms with van der Waals surface area (Å²) in [4.78, 5) is 0. The van der Waals surface area contributed by atoms with Gasteiger partial charge in [-0.05, 0) is 13.3 Å². The van der Waals surface area contributed by atoms with Crippen LogP contribution in [0.2, 0.25) is 0 Å². The van der Waals surface area contributed by atoms with E-state index in [9.17, 15) is 8.42 Å². The molecule has 0 radical (unpaired) electrons. The zero-order valence-corrected chi connectivity index (χ0v) is 13.8. The molecule has 0 saturated heterocycles. The number of hydrogen-bond donors (Lipinski definition) is 2. The predicted molar refractivity (Wildman–Crippen MR) is 88.7 cm³/mol. The van der Waals surface area contributed by atoms with Crippen LogP contribution in [0, 0.1) is 0 Å². The van der Waals surface area contributed by atoms with E-state index in [0.717, 1.165) is 19.3 Å². The van der Waals surface area contributed by atoms with E-state index in [1.165, 1.54) is 51.9 Å². The van der Waals surface area contributed by atoms with Crippen molar-refractivity contribution < 1.29 is 17.7 Å². The van der Waals surface area contributed by atoms with Crippen molar-refractivity contribution in [2.24, 2.45) is 0 Å². The van der Waals surface area contributed by atoms with Crippen LogP contribution >= 0.6 is 0 Å². The van der Waals surface area contributed by atoms with E-state index in [2.05, 4.69) is 6.92 Å². The van der Waals surface area contributed by atoms with Crippen molar-refractivity contribution in [3.63, 3.8) is 0 Å². The fourth-order valence-electron chi connectivity index (χ4n) is 2.00. The van der Waals surface area contributed by atoms with Gasteiger partial charge in [-0.3, -0.25) is 4.18 Å². The van der Waals surface area contributed by atoms with Crippen molar-refractivity contribution in [3.05, 3.63) is 0 Å². The summed E-state index contributed by atoms with van der Waals surface area (Å²) >= 11 is 0. The summed E-state index contributed by atoms with van der Waals surface area (Å²) in [5.41, 5.74) is 0. The molecule has 0 aliphatic carbocycles. The van der Waals surface area contributed by atoms with Crippen LogP contribution in [0.15, 0.2) is 0 Å². The van der Waals surface area contributed by atoms with Crippen LogP contribution in [0.25, 0.3) is 0 Å². The van der Waals surface area contributed by atoms with Crippen molar-refractivity contribution in [1.29, 1.82) is 0 Å². The standard InChI is InChI=1S/C14H31NO4S.Na.H/c1-3-4-5-6-7-8-9-10-11-12-13-19-20(17,18)15-14(2)16;;/h14-16H,3-13H2,1-2H3;;. The fraction of sp³-hybridized carbons (Fsp3) is 1.00. The molecule has 0 aromatic carbocycles. The number of hydrogen-bond acceptors (Lipinski definition) is 4. The molecule has 0 aliphatic rings. The van der Waals surface area contributed by atoms with Gasteiger partial charge in [0.1, 0.15) is 6.23 Å². The normalized spacial score (nSPS) is 12.9. The summed E-state index contributed by atoms with van der Waals surface area (Å²) in [7, 11) is -3.79. The molecule has 1 atom stereocenters. The van der Waals surface area contributed by atoms with Gasteiger partial charge in [-0.25, -0.2) is 0 Å². The minimum absolute atomic E-state index is 0. The first-order chi connectivity index (χ1) is 9.48. The molecule has 21 heavy (non-hydrogen) atoms. The van der Waals surface area contributed by atoms with Crippen molar-refractivity contribution in [2.45, 2.75) is 84.3 Å². The molecule has 0 heterocycles. The average molecular weight is 333 g/mol. The van der Waals surface area contributed by atoms with E-state index in [0.29, 0.717) is 0 Å². The van der Waals surface area contributed by atoms with Crippen LogP contribution in [0.4, 0.5) is 0 Å². The molecule has 0 aliphatic heterocycles. The Balaban J connectivity index is 0. The summed E-state index contributed by atoms with van der Waals surface area (Å²) in [5.74, 6) is 0. The Morgan fingerprint density at radius 1 is 0.952 bits per heavy atom. The van der Waals surface area contributed by atoms with Crippen LogP contribution in [0.3, 0.4) is 0 Å². The fourth-order valence-corrected chi connectivity index (χ4v) is 2.82. The van der Waals surface area contributed by atoms with E-state index in [1.807, 2.05) is 4.72 Å². The molecule has 2 N–H and O–H groups in total. The Hall–Kier alpha value is 0.830. The number of rotatable bonds is 14. The van der Waals surface area contributed by atoms with Crippen molar-refractivity contribution in [1.82, 2.24) is 4.72 Å². The topological polar surface area (TPSA) is 75.6 Å². The molecule has 0 amide bonds. The Kier molecular flexibility index (Phi) is 18.0. The van der Waals surface area contributed by atoms with E-state index >= 15 is 0 Å². The zero-order chi connectivity index (χ0) is 15.3. The summed E-state index contributed by atoms with van der Waals surface area (Å²) in [5, 5.41) is 8.89. The zero-order valence-electron chi connectivity index (χ0n) is 12.9. The average Bonchev–Trinajstić information content (AvgIpc) is 2.34. The van der Waals surface area contributed by atoms with Crippen LogP contribution in [-0.2, 0) is 14.5 Å². The van der Waals surface area contributed by atoms with Gasteiger partial charge in [0.05, 0.1) is 6.61 Å². The number of nitrogens with one attached hydrogen (secondary N) is 1. The summed E-state index contributed by atoms with van der Waals surface area (Å²) in [6, 6.07) is 0. The molecule has 1 unspecified atom stereocenters. The molecular weight excluding hydrogens is 301 g/mol.